The van der Waals surface area contributed by atoms with Gasteiger partial charge in [-0.3, -0.25) is 24.2 Å². The fourth-order valence-corrected chi connectivity index (χ4v) is 9.58. The van der Waals surface area contributed by atoms with Gasteiger partial charge in [-0.1, -0.05) is 20.4 Å². The monoisotopic (exact) mass is 773 g/mol. The van der Waals surface area contributed by atoms with Crippen LogP contribution in [-0.4, -0.2) is 87.3 Å². The predicted octanol–water partition coefficient (Wildman–Crippen LogP) is 5.02. The predicted molar refractivity (Wildman–Crippen MR) is 219 cm³/mol. The lowest BCUT2D eigenvalue weighted by Gasteiger charge is -2.45. The Morgan fingerprint density at radius 3 is 2.61 bits per heavy atom. The van der Waals surface area contributed by atoms with E-state index in [4.69, 9.17) is 19.4 Å². The van der Waals surface area contributed by atoms with Crippen molar-refractivity contribution in [3.8, 4) is 11.3 Å². The second-order valence-corrected chi connectivity index (χ2v) is 16.8. The van der Waals surface area contributed by atoms with Gasteiger partial charge in [0.1, 0.15) is 11.5 Å². The third-order valence-electron chi connectivity index (χ3n) is 12.4. The summed E-state index contributed by atoms with van der Waals surface area (Å²) in [5.41, 5.74) is 7.93. The number of carbonyl (C=O) groups excluding carboxylic acids is 2. The smallest absolute Gasteiger partial charge is 0.293 e. The number of hydrogen-bond acceptors (Lipinski definition) is 10. The van der Waals surface area contributed by atoms with E-state index < -0.39 is 0 Å². The molecule has 7 heterocycles. The van der Waals surface area contributed by atoms with E-state index in [2.05, 4.69) is 58.4 Å². The fourth-order valence-electron chi connectivity index (χ4n) is 9.58. The molecule has 4 aliphatic heterocycles. The van der Waals surface area contributed by atoms with E-state index in [9.17, 15) is 14.4 Å². The van der Waals surface area contributed by atoms with Crippen LogP contribution < -0.4 is 26.0 Å². The van der Waals surface area contributed by atoms with E-state index >= 15 is 0 Å². The van der Waals surface area contributed by atoms with E-state index in [1.165, 1.54) is 17.3 Å². The Balaban J connectivity index is 1.02. The summed E-state index contributed by atoms with van der Waals surface area (Å²) in [4.78, 5) is 57.1. The lowest BCUT2D eigenvalue weighted by atomic mass is 9.90. The van der Waals surface area contributed by atoms with E-state index in [0.29, 0.717) is 53.4 Å². The summed E-state index contributed by atoms with van der Waals surface area (Å²) in [6, 6.07) is 10.4. The quantitative estimate of drug-likeness (QED) is 0.247. The van der Waals surface area contributed by atoms with Crippen molar-refractivity contribution in [1.82, 2.24) is 24.0 Å². The number of fused-ring (bicyclic) bond motifs is 6. The van der Waals surface area contributed by atoms with Gasteiger partial charge in [0, 0.05) is 93.8 Å². The molecule has 5 aliphatic rings. The van der Waals surface area contributed by atoms with Gasteiger partial charge >= 0.3 is 0 Å². The number of anilines is 5. The molecule has 1 unspecified atom stereocenters. The molecular formula is C43H51N9O5. The van der Waals surface area contributed by atoms with Crippen molar-refractivity contribution >= 4 is 40.5 Å². The van der Waals surface area contributed by atoms with Gasteiger partial charge in [-0.15, -0.1) is 0 Å². The third kappa shape index (κ3) is 6.72. The number of benzene rings is 1. The van der Waals surface area contributed by atoms with Crippen molar-refractivity contribution in [1.29, 1.82) is 0 Å². The van der Waals surface area contributed by atoms with E-state index in [1.807, 2.05) is 24.3 Å². The molecule has 1 atom stereocenters. The molecule has 2 N–H and O–H groups in total. The number of hydrogen-bond donors (Lipinski definition) is 2. The first-order valence-electron chi connectivity index (χ1n) is 20.1. The fraction of sp³-hybridized carbons (Fsp3) is 0.465. The number of piperazine rings is 1. The van der Waals surface area contributed by atoms with Crippen LogP contribution in [-0.2, 0) is 53.9 Å². The number of amides is 2. The van der Waals surface area contributed by atoms with Crippen LogP contribution in [0.1, 0.15) is 66.6 Å². The van der Waals surface area contributed by atoms with Gasteiger partial charge in [-0.25, -0.2) is 9.97 Å². The Morgan fingerprint density at radius 1 is 1.00 bits per heavy atom. The second-order valence-electron chi connectivity index (χ2n) is 16.8. The Morgan fingerprint density at radius 2 is 1.82 bits per heavy atom. The average molecular weight is 774 g/mol. The van der Waals surface area contributed by atoms with Gasteiger partial charge < -0.3 is 34.1 Å². The number of ether oxygens (including phenoxy) is 2. The Kier molecular flexibility index (Phi) is 9.53. The average Bonchev–Trinajstić information content (AvgIpc) is 3.62. The number of pyridine rings is 1. The van der Waals surface area contributed by atoms with Gasteiger partial charge in [0.2, 0.25) is 5.91 Å². The zero-order valence-electron chi connectivity index (χ0n) is 33.3. The first-order chi connectivity index (χ1) is 27.5. The van der Waals surface area contributed by atoms with Crippen LogP contribution in [0, 0.1) is 5.41 Å². The summed E-state index contributed by atoms with van der Waals surface area (Å²) in [5, 5.41) is 6.28. The molecule has 1 aliphatic carbocycles. The van der Waals surface area contributed by atoms with Crippen LogP contribution in [0.2, 0.25) is 0 Å². The summed E-state index contributed by atoms with van der Waals surface area (Å²) in [5.74, 6) is 0.270. The lowest BCUT2D eigenvalue weighted by molar-refractivity contribution is -0.111. The summed E-state index contributed by atoms with van der Waals surface area (Å²) < 4.78 is 15.5. The van der Waals surface area contributed by atoms with E-state index in [-0.39, 0.29) is 47.9 Å². The minimum absolute atomic E-state index is 0.0759. The molecule has 9 rings (SSSR count). The van der Waals surface area contributed by atoms with Crippen LogP contribution >= 0.6 is 0 Å². The minimum Gasteiger partial charge on any atom is -0.381 e. The Bertz CT molecular complexity index is 2340. The number of aromatic nitrogens is 4. The molecule has 57 heavy (non-hydrogen) atoms. The Hall–Kier alpha value is -5.31. The summed E-state index contributed by atoms with van der Waals surface area (Å²) >= 11 is 0. The molecular weight excluding hydrogens is 723 g/mol. The molecule has 4 aromatic rings. The molecule has 2 fully saturated rings. The normalized spacial score (nSPS) is 20.6. The van der Waals surface area contributed by atoms with Gasteiger partial charge in [0.05, 0.1) is 36.0 Å². The van der Waals surface area contributed by atoms with Crippen LogP contribution in [0.25, 0.3) is 11.3 Å². The van der Waals surface area contributed by atoms with Crippen molar-refractivity contribution < 1.29 is 19.1 Å². The molecule has 0 saturated carbocycles. The highest BCUT2D eigenvalue weighted by atomic mass is 16.5. The molecule has 2 amide bonds. The number of nitrogens with one attached hydrogen (secondary N) is 2. The molecule has 2 saturated heterocycles. The van der Waals surface area contributed by atoms with E-state index in [1.54, 1.807) is 22.7 Å². The summed E-state index contributed by atoms with van der Waals surface area (Å²) in [7, 11) is 1.72. The van der Waals surface area contributed by atoms with Gasteiger partial charge in [0.25, 0.3) is 11.5 Å². The molecule has 3 aromatic heterocycles. The molecule has 0 bridgehead atoms. The lowest BCUT2D eigenvalue weighted by Crippen LogP contribution is -2.56. The molecule has 14 heteroatoms. The highest BCUT2D eigenvalue weighted by Gasteiger charge is 2.38. The highest BCUT2D eigenvalue weighted by molar-refractivity contribution is 6.06. The number of rotatable bonds is 7. The van der Waals surface area contributed by atoms with Crippen LogP contribution in [0.3, 0.4) is 0 Å². The summed E-state index contributed by atoms with van der Waals surface area (Å²) in [6.07, 6.45) is 6.97. The zero-order valence-corrected chi connectivity index (χ0v) is 33.3. The van der Waals surface area contributed by atoms with Crippen LogP contribution in [0.4, 0.5) is 28.7 Å². The topological polar surface area (TPSA) is 139 Å². The number of nitrogens with zero attached hydrogens (tertiary/aromatic N) is 7. The third-order valence-corrected chi connectivity index (χ3v) is 12.4. The Labute approximate surface area is 332 Å². The molecule has 14 nitrogen and oxygen atoms in total. The maximum Gasteiger partial charge on any atom is 0.293 e. The standard InChI is InChI=1S/C43H51N9O5/c1-6-37(53)46-32-20-28(7-8-33(32)50-14-13-49(23-26(50)2)29-10-17-56-18-11-29)45-39-42(55)48(5)36-25-57-24-31-30(38(36)47-39)9-12-44-40(31)52-16-15-51-34(41(52)54)19-27-21-43(3,4)22-35(27)51/h6-9,12,19-20,26,29H,1,10-11,13-18,21-25H2,2-5H3,(H,45,47)(H,46,53). The van der Waals surface area contributed by atoms with Crippen molar-refractivity contribution in [2.24, 2.45) is 12.5 Å². The largest absolute Gasteiger partial charge is 0.381 e. The first kappa shape index (κ1) is 37.3. The maximum atomic E-state index is 14.1. The molecule has 298 valence electrons. The van der Waals surface area contributed by atoms with Crippen molar-refractivity contribution in [3.05, 3.63) is 87.7 Å². The van der Waals surface area contributed by atoms with E-state index in [0.717, 1.165) is 75.3 Å². The summed E-state index contributed by atoms with van der Waals surface area (Å²) in [6.45, 7) is 16.2. The minimum atomic E-state index is -0.324. The molecule has 0 spiro atoms. The van der Waals surface area contributed by atoms with Gasteiger partial charge in [-0.2, -0.15) is 0 Å². The van der Waals surface area contributed by atoms with Crippen molar-refractivity contribution in [3.63, 3.8) is 0 Å². The molecule has 0 radical (unpaired) electrons. The second kappa shape index (κ2) is 14.6. The SMILES string of the molecule is C=CC(=O)Nc1cc(Nc2nc3c(n(C)c2=O)COCc2c-3ccnc2N2CCn3c(cc4c3CC(C)(C)C4)C2=O)ccc1N1CCN(C2CCOCC2)CC1C. The van der Waals surface area contributed by atoms with Crippen LogP contribution in [0.15, 0.2) is 54.0 Å². The van der Waals surface area contributed by atoms with Crippen LogP contribution in [0.5, 0.6) is 0 Å². The first-order valence-corrected chi connectivity index (χ1v) is 20.1. The maximum absolute atomic E-state index is 14.1. The number of carbonyl (C=O) groups is 2. The van der Waals surface area contributed by atoms with Crippen molar-refractivity contribution in [2.45, 2.75) is 78.3 Å². The highest BCUT2D eigenvalue weighted by Crippen LogP contribution is 2.41. The van der Waals surface area contributed by atoms with Gasteiger partial charge in [0.15, 0.2) is 5.82 Å². The van der Waals surface area contributed by atoms with Gasteiger partial charge in [-0.05, 0) is 80.0 Å². The zero-order chi connectivity index (χ0) is 39.6. The molecule has 1 aromatic carbocycles. The van der Waals surface area contributed by atoms with Crippen molar-refractivity contribution in [2.75, 3.05) is 59.8 Å².